The summed E-state index contributed by atoms with van der Waals surface area (Å²) in [5.74, 6) is -0.418. The molecule has 0 aliphatic carbocycles. The number of sulfonamides is 1. The Morgan fingerprint density at radius 1 is 1.18 bits per heavy atom. The van der Waals surface area contributed by atoms with Crippen LogP contribution in [0.1, 0.15) is 39.9 Å². The van der Waals surface area contributed by atoms with E-state index in [2.05, 4.69) is 10.2 Å². The highest BCUT2D eigenvalue weighted by Gasteiger charge is 2.25. The number of hydrogen-bond donors (Lipinski definition) is 1. The molecule has 1 saturated heterocycles. The first-order chi connectivity index (χ1) is 15.5. The van der Waals surface area contributed by atoms with Crippen molar-refractivity contribution < 1.29 is 22.3 Å². The van der Waals surface area contributed by atoms with Crippen LogP contribution in [-0.2, 0) is 16.6 Å². The molecule has 1 aliphatic heterocycles. The van der Waals surface area contributed by atoms with E-state index in [1.807, 2.05) is 6.07 Å². The summed E-state index contributed by atoms with van der Waals surface area (Å²) >= 11 is 0. The van der Waals surface area contributed by atoms with E-state index < -0.39 is 10.0 Å². The fourth-order valence-electron chi connectivity index (χ4n) is 3.99. The van der Waals surface area contributed by atoms with Crippen LogP contribution in [0.2, 0.25) is 0 Å². The first-order valence-corrected chi connectivity index (χ1v) is 12.4. The van der Waals surface area contributed by atoms with E-state index in [0.717, 1.165) is 41.4 Å². The third-order valence-corrected chi connectivity index (χ3v) is 8.13. The van der Waals surface area contributed by atoms with Crippen molar-refractivity contribution in [3.63, 3.8) is 0 Å². The maximum Gasteiger partial charge on any atom is 0.251 e. The Balaban J connectivity index is 1.62. The molecule has 33 heavy (non-hydrogen) atoms. The summed E-state index contributed by atoms with van der Waals surface area (Å²) in [5, 5.41) is 3.05. The molecule has 3 rings (SSSR count). The summed E-state index contributed by atoms with van der Waals surface area (Å²) in [6, 6.07) is 8.16. The summed E-state index contributed by atoms with van der Waals surface area (Å²) in [4.78, 5) is 15.3. The fraction of sp³-hybridized carbons (Fsp3) is 0.458. The lowest BCUT2D eigenvalue weighted by Crippen LogP contribution is -2.44. The monoisotopic (exact) mass is 477 g/mol. The Bertz CT molecular complexity index is 1130. The van der Waals surface area contributed by atoms with Crippen LogP contribution < -0.4 is 10.1 Å². The minimum absolute atomic E-state index is 0.00290. The molecule has 1 fully saturated rings. The molecule has 9 heteroatoms. The van der Waals surface area contributed by atoms with Crippen molar-refractivity contribution in [2.45, 2.75) is 44.2 Å². The van der Waals surface area contributed by atoms with E-state index >= 15 is 0 Å². The third kappa shape index (κ3) is 5.72. The minimum atomic E-state index is -3.65. The van der Waals surface area contributed by atoms with Crippen molar-refractivity contribution in [1.29, 1.82) is 0 Å². The molecule has 180 valence electrons. The summed E-state index contributed by atoms with van der Waals surface area (Å²) in [7, 11) is 0.744. The Morgan fingerprint density at radius 3 is 2.42 bits per heavy atom. The number of nitrogens with one attached hydrogen (secondary N) is 1. The number of nitrogens with zero attached hydrogens (tertiary/aromatic N) is 2. The van der Waals surface area contributed by atoms with E-state index in [1.165, 1.54) is 33.3 Å². The summed E-state index contributed by atoms with van der Waals surface area (Å²) < 4.78 is 45.4. The highest BCUT2D eigenvalue weighted by Crippen LogP contribution is 2.24. The van der Waals surface area contributed by atoms with Crippen LogP contribution in [-0.4, -0.2) is 63.9 Å². The number of methoxy groups -OCH3 is 1. The number of amides is 1. The van der Waals surface area contributed by atoms with Gasteiger partial charge in [0, 0.05) is 45.3 Å². The molecule has 0 bridgehead atoms. The molecule has 1 amide bonds. The van der Waals surface area contributed by atoms with E-state index in [-0.39, 0.29) is 28.4 Å². The average Bonchev–Trinajstić information content (AvgIpc) is 2.76. The van der Waals surface area contributed by atoms with Crippen LogP contribution in [0.4, 0.5) is 4.39 Å². The topological polar surface area (TPSA) is 79.0 Å². The van der Waals surface area contributed by atoms with E-state index in [4.69, 9.17) is 4.74 Å². The van der Waals surface area contributed by atoms with Crippen molar-refractivity contribution in [2.75, 3.05) is 34.3 Å². The molecule has 1 N–H and O–H groups in total. The van der Waals surface area contributed by atoms with Gasteiger partial charge in [0.05, 0.1) is 12.0 Å². The number of rotatable bonds is 7. The number of carbonyl (C=O) groups is 1. The Labute approximate surface area is 195 Å². The first-order valence-electron chi connectivity index (χ1n) is 10.9. The Morgan fingerprint density at radius 2 is 1.85 bits per heavy atom. The van der Waals surface area contributed by atoms with Gasteiger partial charge in [0.15, 0.2) is 11.6 Å². The van der Waals surface area contributed by atoms with Crippen LogP contribution in [0.15, 0.2) is 35.2 Å². The van der Waals surface area contributed by atoms with Crippen LogP contribution in [0.25, 0.3) is 0 Å². The maximum atomic E-state index is 13.9. The van der Waals surface area contributed by atoms with Gasteiger partial charge in [-0.3, -0.25) is 9.69 Å². The summed E-state index contributed by atoms with van der Waals surface area (Å²) in [6.45, 7) is 5.72. The number of carbonyl (C=O) groups excluding carboxylic acids is 1. The van der Waals surface area contributed by atoms with Gasteiger partial charge in [-0.25, -0.2) is 17.1 Å². The van der Waals surface area contributed by atoms with E-state index in [9.17, 15) is 17.6 Å². The van der Waals surface area contributed by atoms with Gasteiger partial charge < -0.3 is 10.1 Å². The van der Waals surface area contributed by atoms with Gasteiger partial charge in [0.1, 0.15) is 0 Å². The second-order valence-electron chi connectivity index (χ2n) is 8.70. The Hall–Kier alpha value is -2.49. The lowest BCUT2D eigenvalue weighted by molar-refractivity contribution is 0.0908. The Kier molecular flexibility index (Phi) is 7.76. The zero-order valence-corrected chi connectivity index (χ0v) is 20.6. The minimum Gasteiger partial charge on any atom is -0.494 e. The predicted octanol–water partition coefficient (Wildman–Crippen LogP) is 3.10. The molecule has 0 unspecified atom stereocenters. The standard InChI is InChI=1S/C24H32FN3O4S/c1-16-12-19(14-23(17(16)2)33(30,31)27(3)4)24(29)26-20-8-10-28(11-9-20)15-18-6-7-22(32-5)21(25)13-18/h6-7,12-14,20H,8-11,15H2,1-5H3,(H,26,29). The van der Waals surface area contributed by atoms with Crippen LogP contribution in [0.3, 0.4) is 0 Å². The molecule has 0 spiro atoms. The zero-order valence-electron chi connectivity index (χ0n) is 19.8. The molecule has 0 saturated carbocycles. The van der Waals surface area contributed by atoms with Crippen molar-refractivity contribution in [3.8, 4) is 5.75 Å². The fourth-order valence-corrected chi connectivity index (χ4v) is 5.21. The average molecular weight is 478 g/mol. The quantitative estimate of drug-likeness (QED) is 0.663. The second kappa shape index (κ2) is 10.2. The molecule has 1 aliphatic rings. The SMILES string of the molecule is COc1ccc(CN2CCC(NC(=O)c3cc(C)c(C)c(S(=O)(=O)N(C)C)c3)CC2)cc1F. The normalized spacial score (nSPS) is 15.6. The number of benzene rings is 2. The molecule has 0 aromatic heterocycles. The van der Waals surface area contributed by atoms with Crippen LogP contribution in [0.5, 0.6) is 5.75 Å². The van der Waals surface area contributed by atoms with Gasteiger partial charge in [0.2, 0.25) is 10.0 Å². The maximum absolute atomic E-state index is 13.9. The van der Waals surface area contributed by atoms with Crippen LogP contribution in [0, 0.1) is 19.7 Å². The molecule has 0 radical (unpaired) electrons. The molecule has 0 atom stereocenters. The molecule has 2 aromatic rings. The number of hydrogen-bond acceptors (Lipinski definition) is 5. The van der Waals surface area contributed by atoms with E-state index in [1.54, 1.807) is 26.0 Å². The second-order valence-corrected chi connectivity index (χ2v) is 10.8. The number of likely N-dealkylation sites (tertiary alicyclic amines) is 1. The van der Waals surface area contributed by atoms with Gasteiger partial charge in [-0.2, -0.15) is 0 Å². The zero-order chi connectivity index (χ0) is 24.3. The highest BCUT2D eigenvalue weighted by atomic mass is 32.2. The number of ether oxygens (including phenoxy) is 1. The van der Waals surface area contributed by atoms with Gasteiger partial charge in [0.25, 0.3) is 5.91 Å². The van der Waals surface area contributed by atoms with Crippen molar-refractivity contribution in [1.82, 2.24) is 14.5 Å². The highest BCUT2D eigenvalue weighted by molar-refractivity contribution is 7.89. The van der Waals surface area contributed by atoms with Crippen LogP contribution >= 0.6 is 0 Å². The molecule has 1 heterocycles. The van der Waals surface area contributed by atoms with Crippen molar-refractivity contribution >= 4 is 15.9 Å². The molecule has 7 nitrogen and oxygen atoms in total. The lowest BCUT2D eigenvalue weighted by atomic mass is 10.0. The summed E-state index contributed by atoms with van der Waals surface area (Å²) in [6.07, 6.45) is 1.52. The summed E-state index contributed by atoms with van der Waals surface area (Å²) in [5.41, 5.74) is 2.61. The van der Waals surface area contributed by atoms with Gasteiger partial charge in [-0.15, -0.1) is 0 Å². The molecular weight excluding hydrogens is 445 g/mol. The van der Waals surface area contributed by atoms with E-state index in [0.29, 0.717) is 17.7 Å². The largest absolute Gasteiger partial charge is 0.494 e. The molecular formula is C24H32FN3O4S. The third-order valence-electron chi connectivity index (χ3n) is 6.19. The first kappa shape index (κ1) is 25.1. The number of aryl methyl sites for hydroxylation is 1. The van der Waals surface area contributed by atoms with Gasteiger partial charge in [-0.05, 0) is 67.6 Å². The molecule has 2 aromatic carbocycles. The smallest absolute Gasteiger partial charge is 0.251 e. The number of piperidine rings is 1. The number of halogens is 1. The van der Waals surface area contributed by atoms with Gasteiger partial charge in [-0.1, -0.05) is 6.07 Å². The lowest BCUT2D eigenvalue weighted by Gasteiger charge is -2.32. The van der Waals surface area contributed by atoms with Crippen molar-refractivity contribution in [3.05, 3.63) is 58.4 Å². The predicted molar refractivity (Wildman–Crippen MR) is 126 cm³/mol. The van der Waals surface area contributed by atoms with Gasteiger partial charge >= 0.3 is 0 Å². The van der Waals surface area contributed by atoms with Crippen molar-refractivity contribution in [2.24, 2.45) is 0 Å².